The average molecular weight is 393 g/mol. The molecule has 0 N–H and O–H groups in total. The van der Waals surface area contributed by atoms with Crippen molar-refractivity contribution >= 4 is 45.0 Å². The van der Waals surface area contributed by atoms with E-state index >= 15 is 0 Å². The van der Waals surface area contributed by atoms with Crippen molar-refractivity contribution in [1.82, 2.24) is 0 Å². The van der Waals surface area contributed by atoms with Gasteiger partial charge in [-0.05, 0) is 57.0 Å². The Morgan fingerprint density at radius 3 is 2.35 bits per heavy atom. The lowest BCUT2D eigenvalue weighted by Gasteiger charge is -2.12. The highest BCUT2D eigenvalue weighted by Gasteiger charge is 2.12. The first-order valence-corrected chi connectivity index (χ1v) is 8.12. The van der Waals surface area contributed by atoms with Crippen LogP contribution in [0.5, 0.6) is 0 Å². The largest absolute Gasteiger partial charge is 0.117 e. The van der Waals surface area contributed by atoms with Crippen LogP contribution in [0.25, 0.3) is 10.8 Å². The second-order valence-corrected chi connectivity index (χ2v) is 6.56. The minimum atomic E-state index is 0.0178. The van der Waals surface area contributed by atoms with Gasteiger partial charge in [-0.1, -0.05) is 60.7 Å². The summed E-state index contributed by atoms with van der Waals surface area (Å²) in [4.78, 5) is 0. The van der Waals surface area contributed by atoms with E-state index in [0.29, 0.717) is 0 Å². The van der Waals surface area contributed by atoms with Crippen LogP contribution in [0.4, 0.5) is 0 Å². The maximum Gasteiger partial charge on any atom is 0.0635 e. The highest BCUT2D eigenvalue weighted by atomic mass is 127. The predicted molar refractivity (Wildman–Crippen MR) is 95.4 cm³/mol. The molecule has 0 aromatic heterocycles. The number of alkyl halides is 1. The van der Waals surface area contributed by atoms with Crippen molar-refractivity contribution in [3.8, 4) is 0 Å². The van der Waals surface area contributed by atoms with E-state index in [9.17, 15) is 0 Å². The number of benzene rings is 3. The third-order valence-electron chi connectivity index (χ3n) is 3.47. The van der Waals surface area contributed by atoms with Crippen LogP contribution in [0.2, 0.25) is 0 Å². The molecule has 1 unspecified atom stereocenters. The molecule has 0 heterocycles. The molecule has 0 radical (unpaired) electrons. The van der Waals surface area contributed by atoms with E-state index in [1.165, 1.54) is 25.5 Å². The smallest absolute Gasteiger partial charge is 0.0635 e. The normalized spacial score (nSPS) is 12.5. The summed E-state index contributed by atoms with van der Waals surface area (Å²) in [6.45, 7) is 0. The third kappa shape index (κ3) is 2.99. The third-order valence-corrected chi connectivity index (χ3v) is 4.84. The quantitative estimate of drug-likeness (QED) is 0.381. The summed E-state index contributed by atoms with van der Waals surface area (Å²) in [6.07, 6.45) is 0.854. The zero-order valence-electron chi connectivity index (χ0n) is 10.9. The van der Waals surface area contributed by atoms with E-state index in [4.69, 9.17) is 11.6 Å². The molecule has 0 saturated heterocycles. The molecule has 0 aliphatic carbocycles. The summed E-state index contributed by atoms with van der Waals surface area (Å²) in [5, 5.41) is 2.57. The van der Waals surface area contributed by atoms with E-state index in [2.05, 4.69) is 77.2 Å². The van der Waals surface area contributed by atoms with Gasteiger partial charge in [-0.25, -0.2) is 0 Å². The standard InChI is InChI=1S/C18H14ClI/c19-17(16-7-3-4-8-18(16)20)12-13-9-10-14-5-1-2-6-15(14)11-13/h1-11,17H,12H2. The summed E-state index contributed by atoms with van der Waals surface area (Å²) in [5.74, 6) is 0. The van der Waals surface area contributed by atoms with Crippen LogP contribution in [0.1, 0.15) is 16.5 Å². The van der Waals surface area contributed by atoms with Gasteiger partial charge in [0.05, 0.1) is 5.38 Å². The van der Waals surface area contributed by atoms with Crippen LogP contribution in [-0.4, -0.2) is 0 Å². The van der Waals surface area contributed by atoms with Crippen LogP contribution in [0, 0.1) is 3.57 Å². The summed E-state index contributed by atoms with van der Waals surface area (Å²) < 4.78 is 1.23. The Balaban J connectivity index is 1.87. The van der Waals surface area contributed by atoms with Crippen LogP contribution >= 0.6 is 34.2 Å². The van der Waals surface area contributed by atoms with Gasteiger partial charge in [-0.3, -0.25) is 0 Å². The van der Waals surface area contributed by atoms with Crippen LogP contribution in [0.15, 0.2) is 66.7 Å². The Kier molecular flexibility index (Phi) is 4.27. The number of hydrogen-bond donors (Lipinski definition) is 0. The van der Waals surface area contributed by atoms with Gasteiger partial charge in [0.1, 0.15) is 0 Å². The lowest BCUT2D eigenvalue weighted by Crippen LogP contribution is -1.98. The van der Waals surface area contributed by atoms with E-state index in [1.54, 1.807) is 0 Å². The van der Waals surface area contributed by atoms with Gasteiger partial charge >= 0.3 is 0 Å². The topological polar surface area (TPSA) is 0 Å². The molecule has 0 aliphatic rings. The van der Waals surface area contributed by atoms with E-state index in [-0.39, 0.29) is 5.38 Å². The Bertz CT molecular complexity index is 736. The molecule has 0 nitrogen and oxygen atoms in total. The first kappa shape index (κ1) is 13.9. The van der Waals surface area contributed by atoms with E-state index in [0.717, 1.165) is 6.42 Å². The van der Waals surface area contributed by atoms with Crippen molar-refractivity contribution in [3.05, 3.63) is 81.4 Å². The van der Waals surface area contributed by atoms with Gasteiger partial charge in [0.2, 0.25) is 0 Å². The maximum atomic E-state index is 6.59. The molecule has 3 rings (SSSR count). The second kappa shape index (κ2) is 6.15. The Morgan fingerprint density at radius 1 is 0.850 bits per heavy atom. The summed E-state index contributed by atoms with van der Waals surface area (Å²) in [5.41, 5.74) is 2.49. The predicted octanol–water partition coefficient (Wildman–Crippen LogP) is 5.97. The van der Waals surface area contributed by atoms with Gasteiger partial charge in [0, 0.05) is 3.57 Å². The van der Waals surface area contributed by atoms with Gasteiger partial charge in [-0.15, -0.1) is 11.6 Å². The van der Waals surface area contributed by atoms with Crippen molar-refractivity contribution < 1.29 is 0 Å². The monoisotopic (exact) mass is 392 g/mol. The molecular formula is C18H14ClI. The Morgan fingerprint density at radius 2 is 1.55 bits per heavy atom. The molecule has 100 valence electrons. The van der Waals surface area contributed by atoms with Gasteiger partial charge in [0.15, 0.2) is 0 Å². The summed E-state index contributed by atoms with van der Waals surface area (Å²) >= 11 is 8.94. The second-order valence-electron chi connectivity index (χ2n) is 4.87. The molecule has 2 heteroatoms. The molecule has 0 aliphatic heterocycles. The van der Waals surface area contributed by atoms with E-state index < -0.39 is 0 Å². The fourth-order valence-corrected chi connectivity index (χ4v) is 3.73. The van der Waals surface area contributed by atoms with Gasteiger partial charge < -0.3 is 0 Å². The maximum absolute atomic E-state index is 6.59. The number of halogens is 2. The fourth-order valence-electron chi connectivity index (χ4n) is 2.41. The van der Waals surface area contributed by atoms with Crippen molar-refractivity contribution in [3.63, 3.8) is 0 Å². The highest BCUT2D eigenvalue weighted by Crippen LogP contribution is 2.29. The first-order chi connectivity index (χ1) is 9.74. The summed E-state index contributed by atoms with van der Waals surface area (Å²) in [6, 6.07) is 23.3. The van der Waals surface area contributed by atoms with Gasteiger partial charge in [0.25, 0.3) is 0 Å². The lowest BCUT2D eigenvalue weighted by atomic mass is 10.0. The number of hydrogen-bond acceptors (Lipinski definition) is 0. The first-order valence-electron chi connectivity index (χ1n) is 6.60. The average Bonchev–Trinajstić information content (AvgIpc) is 2.47. The van der Waals surface area contributed by atoms with Crippen molar-refractivity contribution in [2.45, 2.75) is 11.8 Å². The molecule has 3 aromatic rings. The molecule has 0 spiro atoms. The van der Waals surface area contributed by atoms with Crippen LogP contribution in [-0.2, 0) is 6.42 Å². The molecule has 3 aromatic carbocycles. The SMILES string of the molecule is ClC(Cc1ccc2ccccc2c1)c1ccccc1I. The highest BCUT2D eigenvalue weighted by molar-refractivity contribution is 14.1. The Hall–Kier alpha value is -1.06. The van der Waals surface area contributed by atoms with Crippen molar-refractivity contribution in [2.75, 3.05) is 0 Å². The molecular weight excluding hydrogens is 379 g/mol. The summed E-state index contributed by atoms with van der Waals surface area (Å²) in [7, 11) is 0. The fraction of sp³-hybridized carbons (Fsp3) is 0.111. The zero-order valence-corrected chi connectivity index (χ0v) is 13.8. The molecule has 0 fully saturated rings. The van der Waals surface area contributed by atoms with Crippen molar-refractivity contribution in [1.29, 1.82) is 0 Å². The minimum Gasteiger partial charge on any atom is -0.117 e. The number of rotatable bonds is 3. The molecule has 1 atom stereocenters. The number of fused-ring (bicyclic) bond motifs is 1. The molecule has 0 amide bonds. The van der Waals surface area contributed by atoms with E-state index in [1.807, 2.05) is 12.1 Å². The van der Waals surface area contributed by atoms with Gasteiger partial charge in [-0.2, -0.15) is 0 Å². The molecule has 0 saturated carbocycles. The zero-order chi connectivity index (χ0) is 13.9. The molecule has 20 heavy (non-hydrogen) atoms. The minimum absolute atomic E-state index is 0.0178. The van der Waals surface area contributed by atoms with Crippen LogP contribution in [0.3, 0.4) is 0 Å². The molecule has 0 bridgehead atoms. The Labute approximate surface area is 137 Å². The van der Waals surface area contributed by atoms with Crippen LogP contribution < -0.4 is 0 Å². The van der Waals surface area contributed by atoms with Crippen molar-refractivity contribution in [2.24, 2.45) is 0 Å². The lowest BCUT2D eigenvalue weighted by molar-refractivity contribution is 0.915.